The monoisotopic (exact) mass is 536 g/mol. The van der Waals surface area contributed by atoms with Crippen molar-refractivity contribution < 1.29 is 27.5 Å². The van der Waals surface area contributed by atoms with E-state index in [4.69, 9.17) is 20.9 Å². The summed E-state index contributed by atoms with van der Waals surface area (Å²) in [6.45, 7) is 1.66. The van der Waals surface area contributed by atoms with Crippen LogP contribution in [0.25, 0.3) is 0 Å². The highest BCUT2D eigenvalue weighted by Crippen LogP contribution is 2.29. The van der Waals surface area contributed by atoms with Crippen LogP contribution in [-0.2, 0) is 32.6 Å². The van der Waals surface area contributed by atoms with E-state index < -0.39 is 34.1 Å². The molecule has 1 aromatic heterocycles. The van der Waals surface area contributed by atoms with E-state index in [1.807, 2.05) is 0 Å². The minimum atomic E-state index is -4.26. The van der Waals surface area contributed by atoms with Crippen LogP contribution in [0.1, 0.15) is 25.5 Å². The third-order valence-corrected chi connectivity index (χ3v) is 6.70. The van der Waals surface area contributed by atoms with Gasteiger partial charge >= 0.3 is 0 Å². The van der Waals surface area contributed by atoms with Gasteiger partial charge in [0.1, 0.15) is 34.9 Å². The lowest BCUT2D eigenvalue weighted by molar-refractivity contribution is -0.124. The molecule has 0 bridgehead atoms. The number of carbonyl (C=O) groups excluding carboxylic acids is 2. The number of aromatic nitrogens is 1. The Labute approximate surface area is 214 Å². The fourth-order valence-electron chi connectivity index (χ4n) is 3.46. The molecule has 6 N–H and O–H groups in total. The third kappa shape index (κ3) is 7.96. The van der Waals surface area contributed by atoms with Gasteiger partial charge in [-0.05, 0) is 43.5 Å². The molecule has 0 aliphatic carbocycles. The van der Waals surface area contributed by atoms with Crippen LogP contribution in [0.2, 0.25) is 0 Å². The summed E-state index contributed by atoms with van der Waals surface area (Å²) in [6, 6.07) is 6.30. The zero-order valence-corrected chi connectivity index (χ0v) is 21.7. The smallest absolute Gasteiger partial charge is 0.275 e. The van der Waals surface area contributed by atoms with Gasteiger partial charge < -0.3 is 35.6 Å². The summed E-state index contributed by atoms with van der Waals surface area (Å²) in [5.41, 5.74) is 10.0. The number of aryl methyl sites for hydroxylation is 1. The summed E-state index contributed by atoms with van der Waals surface area (Å²) >= 11 is 0. The van der Waals surface area contributed by atoms with Crippen molar-refractivity contribution in [2.75, 3.05) is 25.5 Å². The highest BCUT2D eigenvalue weighted by atomic mass is 32.2. The number of carbonyl (C=O) groups is 2. The highest BCUT2D eigenvalue weighted by Gasteiger charge is 2.23. The Morgan fingerprint density at radius 3 is 2.51 bits per heavy atom. The number of aliphatic imine (C=N–C) groups is 1. The number of rotatable bonds is 14. The number of pyridine rings is 1. The maximum atomic E-state index is 13.2. The maximum Gasteiger partial charge on any atom is 0.275 e. The lowest BCUT2D eigenvalue weighted by atomic mass is 10.1. The molecule has 0 fully saturated rings. The Hall–Kier alpha value is -4.07. The number of aldehydes is 1. The average molecular weight is 537 g/mol. The van der Waals surface area contributed by atoms with Crippen molar-refractivity contribution in [3.8, 4) is 11.5 Å². The molecule has 14 heteroatoms. The molecule has 37 heavy (non-hydrogen) atoms. The van der Waals surface area contributed by atoms with Crippen molar-refractivity contribution in [2.24, 2.45) is 16.5 Å². The highest BCUT2D eigenvalue weighted by molar-refractivity contribution is 7.92. The number of sulfonamides is 1. The van der Waals surface area contributed by atoms with E-state index >= 15 is 0 Å². The van der Waals surface area contributed by atoms with Crippen molar-refractivity contribution in [1.29, 1.82) is 0 Å². The molecule has 0 radical (unpaired) electrons. The Morgan fingerprint density at radius 2 is 1.92 bits per heavy atom. The van der Waals surface area contributed by atoms with Crippen molar-refractivity contribution in [1.82, 2.24) is 9.88 Å². The van der Waals surface area contributed by atoms with Crippen LogP contribution in [0, 0.1) is 0 Å². The summed E-state index contributed by atoms with van der Waals surface area (Å²) in [7, 11) is -1.56. The van der Waals surface area contributed by atoms with E-state index in [9.17, 15) is 22.8 Å². The minimum absolute atomic E-state index is 0.0536. The van der Waals surface area contributed by atoms with Crippen molar-refractivity contribution in [3.05, 3.63) is 46.4 Å². The SMILES string of the molecule is CCc1ccc(NS(=O)(=O)c2cc(OC)ccc2OC)c(=O)n1CC(=O)N[C@H](C=O)CCCN=C(N)N. The number of nitrogens with one attached hydrogen (secondary N) is 2. The van der Waals surface area contributed by atoms with Crippen LogP contribution in [0.5, 0.6) is 11.5 Å². The molecule has 1 atom stereocenters. The van der Waals surface area contributed by atoms with Gasteiger partial charge in [-0.1, -0.05) is 6.92 Å². The standard InChI is InChI=1S/C23H32N6O7S/c1-4-16-7-9-18(28-37(33,34)20-12-17(35-2)8-10-19(20)36-3)22(32)29(16)13-21(31)27-15(14-30)6-5-11-26-23(24)25/h7-10,12,14-15,28H,4-6,11,13H2,1-3H3,(H,27,31)(H4,24,25,26)/t15-/m0/s1. The number of hydrogen-bond donors (Lipinski definition) is 4. The number of nitrogens with zero attached hydrogens (tertiary/aromatic N) is 2. The average Bonchev–Trinajstić information content (AvgIpc) is 2.87. The Balaban J connectivity index is 2.28. The minimum Gasteiger partial charge on any atom is -0.497 e. The molecule has 2 aromatic rings. The van der Waals surface area contributed by atoms with E-state index in [2.05, 4.69) is 15.0 Å². The van der Waals surface area contributed by atoms with Crippen LogP contribution >= 0.6 is 0 Å². The first kappa shape index (κ1) is 29.2. The number of benzene rings is 1. The fourth-order valence-corrected chi connectivity index (χ4v) is 4.70. The van der Waals surface area contributed by atoms with Gasteiger partial charge in [-0.2, -0.15) is 0 Å². The molecular formula is C23H32N6O7S. The topological polar surface area (TPSA) is 197 Å². The van der Waals surface area contributed by atoms with E-state index in [0.29, 0.717) is 37.8 Å². The number of hydrogen-bond acceptors (Lipinski definition) is 8. The number of methoxy groups -OCH3 is 2. The van der Waals surface area contributed by atoms with Crippen molar-refractivity contribution in [2.45, 2.75) is 43.7 Å². The zero-order chi connectivity index (χ0) is 27.6. The zero-order valence-electron chi connectivity index (χ0n) is 20.9. The number of nitrogens with two attached hydrogens (primary N) is 2. The number of anilines is 1. The molecular weight excluding hydrogens is 504 g/mol. The largest absolute Gasteiger partial charge is 0.497 e. The molecule has 0 aliphatic rings. The Kier molecular flexibility index (Phi) is 10.5. The van der Waals surface area contributed by atoms with Gasteiger partial charge in [0.2, 0.25) is 5.91 Å². The molecule has 0 unspecified atom stereocenters. The number of guanidine groups is 1. The predicted octanol–water partition coefficient (Wildman–Crippen LogP) is -0.0340. The van der Waals surface area contributed by atoms with Gasteiger partial charge in [0.25, 0.3) is 15.6 Å². The van der Waals surface area contributed by atoms with Crippen LogP contribution < -0.4 is 36.5 Å². The first-order chi connectivity index (χ1) is 17.6. The Bertz CT molecular complexity index is 1300. The van der Waals surface area contributed by atoms with Crippen LogP contribution in [0.3, 0.4) is 0 Å². The Morgan fingerprint density at radius 1 is 1.19 bits per heavy atom. The molecule has 13 nitrogen and oxygen atoms in total. The van der Waals surface area contributed by atoms with Crippen LogP contribution in [0.4, 0.5) is 5.69 Å². The normalized spacial score (nSPS) is 11.8. The first-order valence-corrected chi connectivity index (χ1v) is 12.8. The van der Waals surface area contributed by atoms with E-state index in [0.717, 1.165) is 4.57 Å². The summed E-state index contributed by atoms with van der Waals surface area (Å²) in [6.07, 6.45) is 1.73. The van der Waals surface area contributed by atoms with Gasteiger partial charge in [-0.3, -0.25) is 19.3 Å². The first-order valence-electron chi connectivity index (χ1n) is 11.3. The predicted molar refractivity (Wildman–Crippen MR) is 138 cm³/mol. The summed E-state index contributed by atoms with van der Waals surface area (Å²) in [5.74, 6) is -0.332. The van der Waals surface area contributed by atoms with Crippen LogP contribution in [0.15, 0.2) is 45.0 Å². The molecule has 202 valence electrons. The second-order valence-electron chi connectivity index (χ2n) is 7.86. The quantitative estimate of drug-likeness (QED) is 0.111. The van der Waals surface area contributed by atoms with Gasteiger partial charge in [0, 0.05) is 18.3 Å². The van der Waals surface area contributed by atoms with Gasteiger partial charge in [0.05, 0.1) is 20.3 Å². The van der Waals surface area contributed by atoms with E-state index in [1.165, 1.54) is 38.5 Å². The number of ether oxygens (including phenoxy) is 2. The van der Waals surface area contributed by atoms with Crippen molar-refractivity contribution in [3.63, 3.8) is 0 Å². The van der Waals surface area contributed by atoms with Gasteiger partial charge in [-0.25, -0.2) is 8.42 Å². The molecule has 0 saturated heterocycles. The summed E-state index contributed by atoms with van der Waals surface area (Å²) < 4.78 is 39.9. The molecule has 0 spiro atoms. The molecule has 2 rings (SSSR count). The summed E-state index contributed by atoms with van der Waals surface area (Å²) in [4.78, 5) is 40.8. The van der Waals surface area contributed by atoms with Gasteiger partial charge in [-0.15, -0.1) is 0 Å². The fraction of sp³-hybridized carbons (Fsp3) is 0.391. The molecule has 1 aromatic carbocycles. The van der Waals surface area contributed by atoms with Crippen LogP contribution in [-0.4, -0.2) is 57.9 Å². The summed E-state index contributed by atoms with van der Waals surface area (Å²) in [5, 5.41) is 2.56. The molecule has 0 saturated carbocycles. The van der Waals surface area contributed by atoms with E-state index in [-0.39, 0.29) is 28.0 Å². The molecule has 1 heterocycles. The maximum absolute atomic E-state index is 13.2. The second kappa shape index (κ2) is 13.3. The number of amides is 1. The molecule has 1 amide bonds. The van der Waals surface area contributed by atoms with Crippen molar-refractivity contribution >= 4 is 33.9 Å². The second-order valence-corrected chi connectivity index (χ2v) is 9.52. The third-order valence-electron chi connectivity index (χ3n) is 5.31. The lowest BCUT2D eigenvalue weighted by Crippen LogP contribution is -2.41. The van der Waals surface area contributed by atoms with E-state index in [1.54, 1.807) is 13.0 Å². The van der Waals surface area contributed by atoms with Gasteiger partial charge in [0.15, 0.2) is 5.96 Å². The lowest BCUT2D eigenvalue weighted by Gasteiger charge is -2.17. The molecule has 0 aliphatic heterocycles.